The number of aliphatic hydroxyl groups excluding tert-OH is 1. The number of hydrogen-bond donors (Lipinski definition) is 3. The Kier molecular flexibility index (Phi) is 7.53. The normalized spacial score (nSPS) is 22.0. The lowest BCUT2D eigenvalue weighted by Crippen LogP contribution is -2.42. The topological polar surface area (TPSA) is 74.2 Å². The van der Waals surface area contributed by atoms with Crippen LogP contribution in [0.5, 0.6) is 0 Å². The smallest absolute Gasteiger partial charge is 0.217 e. The molecule has 0 aromatic carbocycles. The first kappa shape index (κ1) is 20.8. The Balaban J connectivity index is 1.71. The zero-order valence-corrected chi connectivity index (χ0v) is 16.1. The maximum atomic E-state index is 13.2. The lowest BCUT2D eigenvalue weighted by atomic mass is 9.81. The van der Waals surface area contributed by atoms with Crippen LogP contribution in [0.15, 0.2) is 18.5 Å². The third-order valence-corrected chi connectivity index (χ3v) is 5.32. The summed E-state index contributed by atoms with van der Waals surface area (Å²) < 4.78 is 13.2. The van der Waals surface area contributed by atoms with Crippen molar-refractivity contribution in [2.24, 2.45) is 5.92 Å². The summed E-state index contributed by atoms with van der Waals surface area (Å²) in [7, 11) is 0. The van der Waals surface area contributed by atoms with Gasteiger partial charge in [-0.05, 0) is 64.4 Å². The SMILES string of the molecule is CC(=O)NC1CCC(CCC(C)(C)NC[C@H](O)c2cncc(F)c2)CC1. The van der Waals surface area contributed by atoms with E-state index in [4.69, 9.17) is 0 Å². The molecular formula is C20H32FN3O2. The van der Waals surface area contributed by atoms with Crippen molar-refractivity contribution in [1.29, 1.82) is 0 Å². The lowest BCUT2D eigenvalue weighted by Gasteiger charge is -2.33. The molecule has 0 bridgehead atoms. The van der Waals surface area contributed by atoms with Gasteiger partial charge in [0.05, 0.1) is 12.3 Å². The van der Waals surface area contributed by atoms with Crippen LogP contribution in [0.25, 0.3) is 0 Å². The Hall–Kier alpha value is -1.53. The standard InChI is InChI=1S/C20H32FN3O2/c1-14(25)24-18-6-4-15(5-7-18)8-9-20(2,3)23-13-19(26)16-10-17(21)12-22-11-16/h10-12,15,18-19,23,26H,4-9,13H2,1-3H3,(H,24,25)/t15?,18?,19-/m0/s1. The molecule has 6 heteroatoms. The average Bonchev–Trinajstić information content (AvgIpc) is 2.59. The minimum Gasteiger partial charge on any atom is -0.387 e. The Labute approximate surface area is 155 Å². The number of nitrogens with zero attached hydrogens (tertiary/aromatic N) is 1. The van der Waals surface area contributed by atoms with E-state index < -0.39 is 11.9 Å². The van der Waals surface area contributed by atoms with E-state index in [1.54, 1.807) is 6.92 Å². The molecule has 1 aliphatic rings. The molecular weight excluding hydrogens is 333 g/mol. The van der Waals surface area contributed by atoms with Crippen LogP contribution >= 0.6 is 0 Å². The van der Waals surface area contributed by atoms with Gasteiger partial charge in [0.25, 0.3) is 0 Å². The number of halogens is 1. The van der Waals surface area contributed by atoms with Gasteiger partial charge in [-0.3, -0.25) is 9.78 Å². The predicted octanol–water partition coefficient (Wildman–Crippen LogP) is 3.10. The maximum Gasteiger partial charge on any atom is 0.217 e. The first-order valence-corrected chi connectivity index (χ1v) is 9.56. The first-order chi connectivity index (χ1) is 12.2. The number of carbonyl (C=O) groups excluding carboxylic acids is 1. The largest absolute Gasteiger partial charge is 0.387 e. The van der Waals surface area contributed by atoms with Gasteiger partial charge >= 0.3 is 0 Å². The molecule has 1 atom stereocenters. The van der Waals surface area contributed by atoms with Crippen LogP contribution in [0.4, 0.5) is 4.39 Å². The van der Waals surface area contributed by atoms with E-state index in [0.29, 0.717) is 24.1 Å². The van der Waals surface area contributed by atoms with Gasteiger partial charge in [-0.25, -0.2) is 4.39 Å². The number of nitrogens with one attached hydrogen (secondary N) is 2. The van der Waals surface area contributed by atoms with E-state index in [0.717, 1.165) is 44.7 Å². The Morgan fingerprint density at radius 2 is 2.04 bits per heavy atom. The molecule has 1 fully saturated rings. The highest BCUT2D eigenvalue weighted by Crippen LogP contribution is 2.30. The van der Waals surface area contributed by atoms with E-state index in [1.165, 1.54) is 12.3 Å². The molecule has 1 saturated carbocycles. The van der Waals surface area contributed by atoms with Crippen LogP contribution in [0.1, 0.15) is 71.0 Å². The van der Waals surface area contributed by atoms with Crippen molar-refractivity contribution in [2.75, 3.05) is 6.54 Å². The third kappa shape index (κ3) is 7.00. The molecule has 1 aliphatic carbocycles. The highest BCUT2D eigenvalue weighted by molar-refractivity contribution is 5.73. The molecule has 5 nitrogen and oxygen atoms in total. The summed E-state index contributed by atoms with van der Waals surface area (Å²) in [6.07, 6.45) is 8.42. The molecule has 0 saturated heterocycles. The van der Waals surface area contributed by atoms with E-state index in [1.807, 2.05) is 0 Å². The molecule has 146 valence electrons. The molecule has 0 radical (unpaired) electrons. The fourth-order valence-electron chi connectivity index (χ4n) is 3.64. The summed E-state index contributed by atoms with van der Waals surface area (Å²) in [4.78, 5) is 14.9. The minimum absolute atomic E-state index is 0.0610. The van der Waals surface area contributed by atoms with Gasteiger partial charge in [0, 0.05) is 36.8 Å². The monoisotopic (exact) mass is 365 g/mol. The highest BCUT2D eigenvalue weighted by Gasteiger charge is 2.25. The van der Waals surface area contributed by atoms with Crippen molar-refractivity contribution < 1.29 is 14.3 Å². The van der Waals surface area contributed by atoms with Gasteiger partial charge in [-0.15, -0.1) is 0 Å². The summed E-state index contributed by atoms with van der Waals surface area (Å²) in [5, 5.41) is 16.6. The molecule has 0 spiro atoms. The molecule has 0 aliphatic heterocycles. The van der Waals surface area contributed by atoms with E-state index in [2.05, 4.69) is 29.5 Å². The van der Waals surface area contributed by atoms with Crippen molar-refractivity contribution >= 4 is 5.91 Å². The second-order valence-electron chi connectivity index (χ2n) is 8.17. The van der Waals surface area contributed by atoms with Crippen molar-refractivity contribution in [1.82, 2.24) is 15.6 Å². The molecule has 1 amide bonds. The zero-order chi connectivity index (χ0) is 19.2. The zero-order valence-electron chi connectivity index (χ0n) is 16.1. The van der Waals surface area contributed by atoms with Crippen LogP contribution < -0.4 is 10.6 Å². The molecule has 1 aromatic rings. The van der Waals surface area contributed by atoms with Crippen molar-refractivity contribution in [3.8, 4) is 0 Å². The number of β-amino-alcohol motifs (C(OH)–C–C–N with tert-alkyl or cyclic N) is 1. The molecule has 1 heterocycles. The van der Waals surface area contributed by atoms with Gasteiger partial charge in [-0.2, -0.15) is 0 Å². The van der Waals surface area contributed by atoms with Crippen LogP contribution in [0.2, 0.25) is 0 Å². The molecule has 0 unspecified atom stereocenters. The predicted molar refractivity (Wildman–Crippen MR) is 100 cm³/mol. The van der Waals surface area contributed by atoms with Crippen molar-refractivity contribution in [3.63, 3.8) is 0 Å². The number of hydrogen-bond acceptors (Lipinski definition) is 4. The second-order valence-corrected chi connectivity index (χ2v) is 8.17. The Bertz CT molecular complexity index is 586. The molecule has 2 rings (SSSR count). The number of pyridine rings is 1. The van der Waals surface area contributed by atoms with Gasteiger partial charge in [0.2, 0.25) is 5.91 Å². The Morgan fingerprint density at radius 3 is 2.65 bits per heavy atom. The summed E-state index contributed by atoms with van der Waals surface area (Å²) in [5.41, 5.74) is 0.389. The van der Waals surface area contributed by atoms with Crippen LogP contribution in [-0.2, 0) is 4.79 Å². The highest BCUT2D eigenvalue weighted by atomic mass is 19.1. The summed E-state index contributed by atoms with van der Waals surface area (Å²) in [5.74, 6) is 0.319. The number of aliphatic hydroxyl groups is 1. The number of carbonyl (C=O) groups is 1. The lowest BCUT2D eigenvalue weighted by molar-refractivity contribution is -0.119. The van der Waals surface area contributed by atoms with Crippen LogP contribution in [-0.4, -0.2) is 34.1 Å². The van der Waals surface area contributed by atoms with E-state index in [9.17, 15) is 14.3 Å². The van der Waals surface area contributed by atoms with E-state index >= 15 is 0 Å². The van der Waals surface area contributed by atoms with Crippen LogP contribution in [0.3, 0.4) is 0 Å². The minimum atomic E-state index is -0.773. The third-order valence-electron chi connectivity index (χ3n) is 5.32. The van der Waals surface area contributed by atoms with Crippen LogP contribution in [0, 0.1) is 11.7 Å². The van der Waals surface area contributed by atoms with Gasteiger partial charge < -0.3 is 15.7 Å². The van der Waals surface area contributed by atoms with E-state index in [-0.39, 0.29) is 11.4 Å². The quantitative estimate of drug-likeness (QED) is 0.662. The van der Waals surface area contributed by atoms with Gasteiger partial charge in [0.15, 0.2) is 0 Å². The number of amides is 1. The summed E-state index contributed by atoms with van der Waals surface area (Å²) in [6, 6.07) is 1.66. The fourth-order valence-corrected chi connectivity index (χ4v) is 3.64. The molecule has 1 aromatic heterocycles. The maximum absolute atomic E-state index is 13.2. The number of rotatable bonds is 8. The summed E-state index contributed by atoms with van der Waals surface area (Å²) in [6.45, 7) is 6.21. The molecule has 26 heavy (non-hydrogen) atoms. The molecule has 3 N–H and O–H groups in total. The van der Waals surface area contributed by atoms with Gasteiger partial charge in [0.1, 0.15) is 5.82 Å². The first-order valence-electron chi connectivity index (χ1n) is 9.56. The van der Waals surface area contributed by atoms with Crippen molar-refractivity contribution in [2.45, 2.75) is 77.0 Å². The second kappa shape index (κ2) is 9.42. The van der Waals surface area contributed by atoms with Gasteiger partial charge in [-0.1, -0.05) is 0 Å². The summed E-state index contributed by atoms with van der Waals surface area (Å²) >= 11 is 0. The number of aromatic nitrogens is 1. The average molecular weight is 365 g/mol. The van der Waals surface area contributed by atoms with Crippen molar-refractivity contribution in [3.05, 3.63) is 29.8 Å². The fraction of sp³-hybridized carbons (Fsp3) is 0.700. The Morgan fingerprint density at radius 1 is 1.35 bits per heavy atom.